The van der Waals surface area contributed by atoms with Crippen molar-refractivity contribution >= 4 is 22.6 Å². The van der Waals surface area contributed by atoms with Crippen LogP contribution in [0.5, 0.6) is 11.5 Å². The molecule has 0 bridgehead atoms. The van der Waals surface area contributed by atoms with E-state index in [1.54, 1.807) is 0 Å². The van der Waals surface area contributed by atoms with Gasteiger partial charge in [0.15, 0.2) is 0 Å². The molecule has 2 saturated carbocycles. The van der Waals surface area contributed by atoms with E-state index in [1.165, 1.54) is 48.8 Å². The zero-order chi connectivity index (χ0) is 20.0. The summed E-state index contributed by atoms with van der Waals surface area (Å²) in [4.78, 5) is 0. The fraction of sp³-hybridized carbons (Fsp3) is 0.538. The number of hydrogen-bond donors (Lipinski definition) is 1. The molecule has 0 saturated heterocycles. The lowest BCUT2D eigenvalue weighted by atomic mass is 9.51. The topological polar surface area (TPSA) is 29.5 Å². The minimum absolute atomic E-state index is 0.414. The lowest BCUT2D eigenvalue weighted by molar-refractivity contribution is 0.0431. The van der Waals surface area contributed by atoms with Crippen molar-refractivity contribution in [3.05, 3.63) is 59.2 Å². The fourth-order valence-electron chi connectivity index (χ4n) is 7.00. The number of benzene rings is 2. The molecule has 0 radical (unpaired) electrons. The van der Waals surface area contributed by atoms with E-state index in [0.717, 1.165) is 35.0 Å². The molecule has 0 amide bonds. The molecule has 1 N–H and O–H groups in total. The summed E-state index contributed by atoms with van der Waals surface area (Å²) < 4.78 is 6.84. The highest BCUT2D eigenvalue weighted by Crippen LogP contribution is 2.65. The van der Waals surface area contributed by atoms with Crippen LogP contribution in [-0.4, -0.2) is 16.1 Å². The van der Waals surface area contributed by atoms with Crippen molar-refractivity contribution < 1.29 is 9.84 Å². The summed E-state index contributed by atoms with van der Waals surface area (Å²) in [6, 6.07) is 15.1. The van der Waals surface area contributed by atoms with Gasteiger partial charge in [0, 0.05) is 4.43 Å². The summed E-state index contributed by atoms with van der Waals surface area (Å²) >= 11 is 2.35. The second-order valence-electron chi connectivity index (χ2n) is 9.68. The molecule has 154 valence electrons. The molecular weight excluding hydrogens is 471 g/mol. The molecule has 0 unspecified atom stereocenters. The van der Waals surface area contributed by atoms with Crippen LogP contribution in [0.4, 0.5) is 0 Å². The van der Waals surface area contributed by atoms with Gasteiger partial charge in [0.05, 0.1) is 6.61 Å². The lowest BCUT2D eigenvalue weighted by Gasteiger charge is -2.53. The molecule has 0 heterocycles. The SMILES string of the molecule is C[C@@]12CCC[C@H]1[C@@H]1CCc3cc(O)ccc3[C@H]1[C@@H](c1ccc(OCCI)cc1)C2. The number of hydrogen-bond acceptors (Lipinski definition) is 2. The molecule has 0 aromatic heterocycles. The van der Waals surface area contributed by atoms with Crippen LogP contribution in [0.25, 0.3) is 0 Å². The summed E-state index contributed by atoms with van der Waals surface area (Å²) in [6.45, 7) is 3.34. The van der Waals surface area contributed by atoms with Gasteiger partial charge in [-0.05, 0) is 102 Å². The smallest absolute Gasteiger partial charge is 0.119 e. The Morgan fingerprint density at radius 1 is 1.14 bits per heavy atom. The number of rotatable bonds is 4. The van der Waals surface area contributed by atoms with Gasteiger partial charge < -0.3 is 9.84 Å². The van der Waals surface area contributed by atoms with Crippen molar-refractivity contribution in [1.29, 1.82) is 0 Å². The van der Waals surface area contributed by atoms with E-state index in [0.29, 0.717) is 23.0 Å². The first-order valence-corrected chi connectivity index (χ1v) is 12.7. The van der Waals surface area contributed by atoms with E-state index in [2.05, 4.69) is 59.8 Å². The molecule has 5 atom stereocenters. The number of fused-ring (bicyclic) bond motifs is 5. The summed E-state index contributed by atoms with van der Waals surface area (Å²) in [5.41, 5.74) is 4.83. The average Bonchev–Trinajstić information content (AvgIpc) is 3.13. The van der Waals surface area contributed by atoms with Gasteiger partial charge >= 0.3 is 0 Å². The van der Waals surface area contributed by atoms with Gasteiger partial charge in [-0.25, -0.2) is 0 Å². The van der Waals surface area contributed by atoms with Crippen molar-refractivity contribution in [2.45, 2.75) is 57.3 Å². The standard InChI is InChI=1S/C26H31IO2/c1-26-12-2-3-24(26)22-10-6-18-15-19(28)7-11-21(18)25(22)23(16-26)17-4-8-20(9-5-17)29-14-13-27/h4-5,7-9,11,15,22-25,28H,2-3,6,10,12-14,16H2,1H3/t22-,23+,24-,25+,26-/m0/s1. The number of aromatic hydroxyl groups is 1. The van der Waals surface area contributed by atoms with Crippen molar-refractivity contribution in [1.82, 2.24) is 0 Å². The molecule has 2 nitrogen and oxygen atoms in total. The molecule has 2 fully saturated rings. The molecule has 0 spiro atoms. The number of aryl methyl sites for hydroxylation is 1. The van der Waals surface area contributed by atoms with Crippen LogP contribution in [0.15, 0.2) is 42.5 Å². The van der Waals surface area contributed by atoms with Crippen molar-refractivity contribution in [2.75, 3.05) is 11.0 Å². The van der Waals surface area contributed by atoms with E-state index in [-0.39, 0.29) is 0 Å². The molecule has 2 aromatic carbocycles. The highest BCUT2D eigenvalue weighted by atomic mass is 127. The Balaban J connectivity index is 1.54. The molecule has 0 aliphatic heterocycles. The van der Waals surface area contributed by atoms with Gasteiger partial charge in [0.1, 0.15) is 11.5 Å². The molecule has 3 aliphatic carbocycles. The normalized spacial score (nSPS) is 32.9. The summed E-state index contributed by atoms with van der Waals surface area (Å²) in [7, 11) is 0. The third-order valence-electron chi connectivity index (χ3n) is 8.14. The Labute approximate surface area is 188 Å². The van der Waals surface area contributed by atoms with E-state index in [9.17, 15) is 5.11 Å². The fourth-order valence-corrected chi connectivity index (χ4v) is 7.22. The largest absolute Gasteiger partial charge is 0.508 e. The Morgan fingerprint density at radius 2 is 1.97 bits per heavy atom. The van der Waals surface area contributed by atoms with E-state index in [1.807, 2.05) is 12.1 Å². The highest BCUT2D eigenvalue weighted by Gasteiger charge is 2.54. The first kappa shape index (κ1) is 19.7. The highest BCUT2D eigenvalue weighted by molar-refractivity contribution is 14.1. The zero-order valence-corrected chi connectivity index (χ0v) is 19.4. The first-order valence-electron chi connectivity index (χ1n) is 11.2. The van der Waals surface area contributed by atoms with Crippen LogP contribution in [0, 0.1) is 17.3 Å². The number of phenols is 1. The Morgan fingerprint density at radius 3 is 2.76 bits per heavy atom. The van der Waals surface area contributed by atoms with E-state index < -0.39 is 0 Å². The van der Waals surface area contributed by atoms with E-state index >= 15 is 0 Å². The molecule has 29 heavy (non-hydrogen) atoms. The van der Waals surface area contributed by atoms with Crippen molar-refractivity contribution in [2.24, 2.45) is 17.3 Å². The molecule has 3 heteroatoms. The number of alkyl halides is 1. The Bertz CT molecular complexity index is 877. The second kappa shape index (κ2) is 7.79. The van der Waals surface area contributed by atoms with Gasteiger partial charge in [-0.3, -0.25) is 0 Å². The molecule has 3 aliphatic rings. The predicted molar refractivity (Wildman–Crippen MR) is 126 cm³/mol. The lowest BCUT2D eigenvalue weighted by Crippen LogP contribution is -2.43. The van der Waals surface area contributed by atoms with Gasteiger partial charge in [-0.1, -0.05) is 54.1 Å². The molecule has 2 aromatic rings. The zero-order valence-electron chi connectivity index (χ0n) is 17.2. The summed E-state index contributed by atoms with van der Waals surface area (Å²) in [5, 5.41) is 10.0. The predicted octanol–water partition coefficient (Wildman–Crippen LogP) is 6.85. The van der Waals surface area contributed by atoms with Crippen molar-refractivity contribution in [3.8, 4) is 11.5 Å². The van der Waals surface area contributed by atoms with Crippen LogP contribution in [0.2, 0.25) is 0 Å². The first-order chi connectivity index (χ1) is 14.1. The second-order valence-corrected chi connectivity index (χ2v) is 10.8. The maximum atomic E-state index is 10.0. The maximum Gasteiger partial charge on any atom is 0.119 e. The number of ether oxygens (including phenoxy) is 1. The minimum Gasteiger partial charge on any atom is -0.508 e. The summed E-state index contributed by atoms with van der Waals surface area (Å²) in [6.07, 6.45) is 7.86. The monoisotopic (exact) mass is 502 g/mol. The quantitative estimate of drug-likeness (QED) is 0.366. The van der Waals surface area contributed by atoms with Crippen molar-refractivity contribution in [3.63, 3.8) is 0 Å². The van der Waals surface area contributed by atoms with Gasteiger partial charge in [0.2, 0.25) is 0 Å². The van der Waals surface area contributed by atoms with Gasteiger partial charge in [-0.15, -0.1) is 0 Å². The van der Waals surface area contributed by atoms with Crippen LogP contribution in [-0.2, 0) is 6.42 Å². The Kier molecular flexibility index (Phi) is 5.30. The van der Waals surface area contributed by atoms with Crippen LogP contribution >= 0.6 is 22.6 Å². The third-order valence-corrected chi connectivity index (χ3v) is 8.58. The average molecular weight is 502 g/mol. The van der Waals surface area contributed by atoms with Crippen LogP contribution in [0.1, 0.15) is 67.6 Å². The van der Waals surface area contributed by atoms with Gasteiger partial charge in [0.25, 0.3) is 0 Å². The molecular formula is C26H31IO2. The summed E-state index contributed by atoms with van der Waals surface area (Å²) in [5.74, 6) is 4.16. The number of phenolic OH excluding ortho intramolecular Hbond substituents is 1. The minimum atomic E-state index is 0.414. The van der Waals surface area contributed by atoms with Gasteiger partial charge in [-0.2, -0.15) is 0 Å². The maximum absolute atomic E-state index is 10.0. The third kappa shape index (κ3) is 3.47. The Hall–Kier alpha value is -1.23. The van der Waals surface area contributed by atoms with Crippen LogP contribution in [0.3, 0.4) is 0 Å². The number of halogens is 1. The van der Waals surface area contributed by atoms with Crippen LogP contribution < -0.4 is 4.74 Å². The van der Waals surface area contributed by atoms with E-state index in [4.69, 9.17) is 4.74 Å². The molecule has 5 rings (SSSR count).